The molecule has 0 saturated heterocycles. The van der Waals surface area contributed by atoms with Gasteiger partial charge in [-0.05, 0) is 61.9 Å². The minimum atomic E-state index is -0.0335. The summed E-state index contributed by atoms with van der Waals surface area (Å²) < 4.78 is 0. The summed E-state index contributed by atoms with van der Waals surface area (Å²) in [5.41, 5.74) is 7.91. The van der Waals surface area contributed by atoms with Crippen molar-refractivity contribution in [2.75, 3.05) is 0 Å². The molecule has 1 heterocycles. The average Bonchev–Trinajstić information content (AvgIpc) is 2.45. The summed E-state index contributed by atoms with van der Waals surface area (Å²) in [6, 6.07) is 10.9. The highest BCUT2D eigenvalue weighted by atomic mass is 14.7. The Kier molecular flexibility index (Phi) is 4.90. The van der Waals surface area contributed by atoms with Crippen LogP contribution in [0.25, 0.3) is 0 Å². The summed E-state index contributed by atoms with van der Waals surface area (Å²) in [4.78, 5) is 4.57. The van der Waals surface area contributed by atoms with Crippen molar-refractivity contribution in [3.05, 3.63) is 63.5 Å². The maximum atomic E-state index is 9.44. The predicted molar refractivity (Wildman–Crippen MR) is 95.7 cm³/mol. The summed E-state index contributed by atoms with van der Waals surface area (Å²) in [6.07, 6.45) is 1.80. The van der Waals surface area contributed by atoms with Gasteiger partial charge < -0.3 is 0 Å². The van der Waals surface area contributed by atoms with Gasteiger partial charge in [0.15, 0.2) is 0 Å². The molecule has 0 amide bonds. The average molecular weight is 306 g/mol. The third-order valence-corrected chi connectivity index (χ3v) is 4.34. The first kappa shape index (κ1) is 17.2. The molecule has 0 unspecified atom stereocenters. The van der Waals surface area contributed by atoms with Gasteiger partial charge in [-0.15, -0.1) is 0 Å². The maximum Gasteiger partial charge on any atom is 0.143 e. The quantitative estimate of drug-likeness (QED) is 0.803. The van der Waals surface area contributed by atoms with Crippen LogP contribution < -0.4 is 0 Å². The Morgan fingerprint density at radius 1 is 1.00 bits per heavy atom. The lowest BCUT2D eigenvalue weighted by Gasteiger charge is -2.18. The number of rotatable bonds is 3. The minimum absolute atomic E-state index is 0.0335. The van der Waals surface area contributed by atoms with Crippen LogP contribution in [0.3, 0.4) is 0 Å². The van der Waals surface area contributed by atoms with Gasteiger partial charge in [0.1, 0.15) is 11.8 Å². The van der Waals surface area contributed by atoms with Crippen molar-refractivity contribution in [2.24, 2.45) is 0 Å². The SMILES string of the molecule is Cc1cc(C)c(CCc2ccc(C(C)(C)C)nc2C#N)c(C)c1. The monoisotopic (exact) mass is 306 g/mol. The van der Waals surface area contributed by atoms with Crippen molar-refractivity contribution in [1.29, 1.82) is 5.26 Å². The zero-order valence-corrected chi connectivity index (χ0v) is 15.1. The molecule has 2 aromatic rings. The highest BCUT2D eigenvalue weighted by Gasteiger charge is 2.17. The van der Waals surface area contributed by atoms with E-state index in [2.05, 4.69) is 76.9 Å². The number of hydrogen-bond acceptors (Lipinski definition) is 2. The van der Waals surface area contributed by atoms with Crippen LogP contribution in [0, 0.1) is 32.1 Å². The van der Waals surface area contributed by atoms with E-state index < -0.39 is 0 Å². The number of aromatic nitrogens is 1. The van der Waals surface area contributed by atoms with Crippen LogP contribution in [0.4, 0.5) is 0 Å². The third kappa shape index (κ3) is 3.99. The molecule has 0 aliphatic heterocycles. The summed E-state index contributed by atoms with van der Waals surface area (Å²) in [7, 11) is 0. The van der Waals surface area contributed by atoms with Gasteiger partial charge in [0.05, 0.1) is 0 Å². The van der Waals surface area contributed by atoms with Gasteiger partial charge in [0, 0.05) is 11.1 Å². The number of nitrogens with zero attached hydrogens (tertiary/aromatic N) is 2. The van der Waals surface area contributed by atoms with Crippen molar-refractivity contribution >= 4 is 0 Å². The normalized spacial score (nSPS) is 11.3. The molecule has 0 fully saturated rings. The van der Waals surface area contributed by atoms with E-state index in [-0.39, 0.29) is 5.41 Å². The molecule has 2 rings (SSSR count). The lowest BCUT2D eigenvalue weighted by molar-refractivity contribution is 0.567. The minimum Gasteiger partial charge on any atom is -0.241 e. The Morgan fingerprint density at radius 2 is 1.61 bits per heavy atom. The zero-order valence-electron chi connectivity index (χ0n) is 15.1. The lowest BCUT2D eigenvalue weighted by atomic mass is 9.90. The zero-order chi connectivity index (χ0) is 17.2. The van der Waals surface area contributed by atoms with Crippen LogP contribution >= 0.6 is 0 Å². The van der Waals surface area contributed by atoms with E-state index in [1.165, 1.54) is 22.3 Å². The molecule has 120 valence electrons. The van der Waals surface area contributed by atoms with Crippen LogP contribution in [0.15, 0.2) is 24.3 Å². The fourth-order valence-corrected chi connectivity index (χ4v) is 3.07. The summed E-state index contributed by atoms with van der Waals surface area (Å²) in [5, 5.41) is 9.44. The molecule has 0 aliphatic carbocycles. The summed E-state index contributed by atoms with van der Waals surface area (Å²) in [6.45, 7) is 12.8. The molecule has 0 bridgehead atoms. The molecular formula is C21H26N2. The van der Waals surface area contributed by atoms with Crippen molar-refractivity contribution in [2.45, 2.75) is 59.8 Å². The van der Waals surface area contributed by atoms with Gasteiger partial charge >= 0.3 is 0 Å². The van der Waals surface area contributed by atoms with E-state index in [1.54, 1.807) is 0 Å². The van der Waals surface area contributed by atoms with E-state index in [0.717, 1.165) is 24.1 Å². The van der Waals surface area contributed by atoms with E-state index in [1.807, 2.05) is 0 Å². The van der Waals surface area contributed by atoms with Crippen LogP contribution in [0.5, 0.6) is 0 Å². The van der Waals surface area contributed by atoms with E-state index in [4.69, 9.17) is 0 Å². The van der Waals surface area contributed by atoms with Gasteiger partial charge in [0.2, 0.25) is 0 Å². The Hall–Kier alpha value is -2.14. The lowest BCUT2D eigenvalue weighted by Crippen LogP contribution is -2.15. The molecule has 0 atom stereocenters. The maximum absolute atomic E-state index is 9.44. The van der Waals surface area contributed by atoms with Crippen LogP contribution in [0.2, 0.25) is 0 Å². The van der Waals surface area contributed by atoms with Crippen LogP contribution in [0.1, 0.15) is 60.0 Å². The molecule has 1 aromatic heterocycles. The van der Waals surface area contributed by atoms with Crippen LogP contribution in [-0.2, 0) is 18.3 Å². The van der Waals surface area contributed by atoms with Gasteiger partial charge in [-0.3, -0.25) is 0 Å². The van der Waals surface area contributed by atoms with E-state index >= 15 is 0 Å². The largest absolute Gasteiger partial charge is 0.241 e. The molecule has 0 saturated carbocycles. The fourth-order valence-electron chi connectivity index (χ4n) is 3.07. The van der Waals surface area contributed by atoms with Gasteiger partial charge in [-0.25, -0.2) is 4.98 Å². The fraction of sp³-hybridized carbons (Fsp3) is 0.429. The van der Waals surface area contributed by atoms with Crippen LogP contribution in [-0.4, -0.2) is 4.98 Å². The second kappa shape index (κ2) is 6.54. The molecule has 23 heavy (non-hydrogen) atoms. The first-order valence-electron chi connectivity index (χ1n) is 8.19. The number of benzene rings is 1. The van der Waals surface area contributed by atoms with Gasteiger partial charge in [0.25, 0.3) is 0 Å². The molecule has 0 N–H and O–H groups in total. The third-order valence-electron chi connectivity index (χ3n) is 4.34. The number of pyridine rings is 1. The molecule has 2 heteroatoms. The van der Waals surface area contributed by atoms with Crippen molar-refractivity contribution in [1.82, 2.24) is 4.98 Å². The molecule has 1 aromatic carbocycles. The van der Waals surface area contributed by atoms with Crippen molar-refractivity contribution < 1.29 is 0 Å². The highest BCUT2D eigenvalue weighted by molar-refractivity contribution is 5.40. The van der Waals surface area contributed by atoms with E-state index in [9.17, 15) is 5.26 Å². The molecule has 0 aliphatic rings. The van der Waals surface area contributed by atoms with Gasteiger partial charge in [-0.1, -0.05) is 44.5 Å². The van der Waals surface area contributed by atoms with Crippen molar-refractivity contribution in [3.63, 3.8) is 0 Å². The Morgan fingerprint density at radius 3 is 2.13 bits per heavy atom. The first-order chi connectivity index (χ1) is 10.7. The van der Waals surface area contributed by atoms with Crippen molar-refractivity contribution in [3.8, 4) is 6.07 Å². The Bertz CT molecular complexity index is 735. The topological polar surface area (TPSA) is 36.7 Å². The van der Waals surface area contributed by atoms with E-state index in [0.29, 0.717) is 5.69 Å². The summed E-state index contributed by atoms with van der Waals surface area (Å²) in [5.74, 6) is 0. The number of aryl methyl sites for hydroxylation is 4. The first-order valence-corrected chi connectivity index (χ1v) is 8.19. The predicted octanol–water partition coefficient (Wildman–Crippen LogP) is 4.96. The standard InChI is InChI=1S/C21H26N2/c1-14-11-15(2)18(16(3)12-14)9-7-17-8-10-20(21(4,5)6)23-19(17)13-22/h8,10-12H,7,9H2,1-6H3. The summed E-state index contributed by atoms with van der Waals surface area (Å²) >= 11 is 0. The number of nitriles is 1. The number of hydrogen-bond donors (Lipinski definition) is 0. The molecule has 2 nitrogen and oxygen atoms in total. The smallest absolute Gasteiger partial charge is 0.143 e. The second-order valence-corrected chi connectivity index (χ2v) is 7.44. The molecule has 0 radical (unpaired) electrons. The highest BCUT2D eigenvalue weighted by Crippen LogP contribution is 2.23. The van der Waals surface area contributed by atoms with Gasteiger partial charge in [-0.2, -0.15) is 5.26 Å². The molecule has 0 spiro atoms. The Labute approximate surface area is 140 Å². The Balaban J connectivity index is 2.27. The second-order valence-electron chi connectivity index (χ2n) is 7.44. The molecular weight excluding hydrogens is 280 g/mol.